The number of halogens is 7. The van der Waals surface area contributed by atoms with E-state index in [9.17, 15) is 40.3 Å². The molecule has 2 heterocycles. The Morgan fingerprint density at radius 3 is 2.03 bits per heavy atom. The Balaban J connectivity index is 1.52. The molecular weight excluding hydrogens is 437 g/mol. The summed E-state index contributed by atoms with van der Waals surface area (Å²) >= 11 is 0. The van der Waals surface area contributed by atoms with E-state index in [1.165, 1.54) is 0 Å². The summed E-state index contributed by atoms with van der Waals surface area (Å²) in [6.45, 7) is 0.585. The maximum atomic E-state index is 13.7. The predicted molar refractivity (Wildman–Crippen MR) is 93.8 cm³/mol. The number of carbonyl (C=O) groups is 2. The van der Waals surface area contributed by atoms with Gasteiger partial charge in [0, 0.05) is 32.0 Å². The summed E-state index contributed by atoms with van der Waals surface area (Å²) in [6.07, 6.45) is -10.7. The lowest BCUT2D eigenvalue weighted by molar-refractivity contribution is -0.343. The fourth-order valence-corrected chi connectivity index (χ4v) is 4.69. The van der Waals surface area contributed by atoms with Crippen molar-refractivity contribution in [1.82, 2.24) is 9.80 Å². The van der Waals surface area contributed by atoms with Crippen molar-refractivity contribution < 1.29 is 45.1 Å². The Labute approximate surface area is 174 Å². The molecule has 5 nitrogen and oxygen atoms in total. The lowest BCUT2D eigenvalue weighted by atomic mass is 9.84. The van der Waals surface area contributed by atoms with Crippen LogP contribution in [0.5, 0.6) is 0 Å². The second kappa shape index (κ2) is 8.31. The fourth-order valence-electron chi connectivity index (χ4n) is 4.69. The van der Waals surface area contributed by atoms with Crippen molar-refractivity contribution in [2.24, 2.45) is 0 Å². The van der Waals surface area contributed by atoms with Crippen LogP contribution in [0.4, 0.5) is 35.5 Å². The van der Waals surface area contributed by atoms with Gasteiger partial charge in [0.15, 0.2) is 0 Å². The van der Waals surface area contributed by atoms with Crippen molar-refractivity contribution in [2.75, 3.05) is 19.6 Å². The number of hydrogen-bond acceptors (Lipinski definition) is 3. The van der Waals surface area contributed by atoms with Gasteiger partial charge in [0.1, 0.15) is 5.60 Å². The van der Waals surface area contributed by atoms with Gasteiger partial charge in [-0.15, -0.1) is 0 Å². The first-order valence-electron chi connectivity index (χ1n) is 10.4. The lowest BCUT2D eigenvalue weighted by Gasteiger charge is -2.37. The molecule has 0 atom stereocenters. The van der Waals surface area contributed by atoms with Crippen molar-refractivity contribution in [1.29, 1.82) is 0 Å². The predicted octanol–water partition coefficient (Wildman–Crippen LogP) is 4.75. The first-order chi connectivity index (χ1) is 14.3. The summed E-state index contributed by atoms with van der Waals surface area (Å²) in [7, 11) is 0. The van der Waals surface area contributed by atoms with Gasteiger partial charge in [0.05, 0.1) is 6.54 Å². The van der Waals surface area contributed by atoms with E-state index in [1.807, 2.05) is 0 Å². The van der Waals surface area contributed by atoms with E-state index in [1.54, 1.807) is 4.90 Å². The summed E-state index contributed by atoms with van der Waals surface area (Å²) in [5, 5.41) is 0. The molecule has 0 bridgehead atoms. The van der Waals surface area contributed by atoms with Crippen molar-refractivity contribution in [2.45, 2.75) is 87.5 Å². The van der Waals surface area contributed by atoms with Crippen molar-refractivity contribution in [3.8, 4) is 0 Å². The van der Waals surface area contributed by atoms with Gasteiger partial charge >= 0.3 is 18.4 Å². The summed E-state index contributed by atoms with van der Waals surface area (Å²) in [4.78, 5) is 27.2. The SMILES string of the molecule is O=C(CCC(F)(C(F)(F)F)C(F)(F)F)N1CCC(N2CC3(CCCCC3)OC2=O)CC1. The fraction of sp³-hybridized carbons (Fsp3) is 0.895. The summed E-state index contributed by atoms with van der Waals surface area (Å²) < 4.78 is 95.2. The molecule has 0 N–H and O–H groups in total. The van der Waals surface area contributed by atoms with Crippen LogP contribution in [0.3, 0.4) is 0 Å². The van der Waals surface area contributed by atoms with Crippen molar-refractivity contribution >= 4 is 12.0 Å². The molecule has 3 rings (SSSR count). The normalized spacial score (nSPS) is 23.4. The Morgan fingerprint density at radius 2 is 1.52 bits per heavy atom. The van der Waals surface area contributed by atoms with Gasteiger partial charge in [-0.05, 0) is 38.5 Å². The number of rotatable bonds is 4. The van der Waals surface area contributed by atoms with Crippen LogP contribution in [-0.4, -0.2) is 71.1 Å². The number of alkyl halides is 7. The average molecular weight is 462 g/mol. The molecule has 31 heavy (non-hydrogen) atoms. The third kappa shape index (κ3) is 4.72. The van der Waals surface area contributed by atoms with Crippen LogP contribution in [0.25, 0.3) is 0 Å². The van der Waals surface area contributed by atoms with Crippen LogP contribution in [0, 0.1) is 0 Å². The Hall–Kier alpha value is -1.75. The highest BCUT2D eigenvalue weighted by Crippen LogP contribution is 2.49. The molecule has 2 amide bonds. The van der Waals surface area contributed by atoms with E-state index in [0.717, 1.165) is 37.0 Å². The summed E-state index contributed by atoms with van der Waals surface area (Å²) in [6, 6.07) is -0.219. The number of likely N-dealkylation sites (tertiary alicyclic amines) is 1. The number of amides is 2. The summed E-state index contributed by atoms with van der Waals surface area (Å²) in [5.41, 5.74) is -5.91. The van der Waals surface area contributed by atoms with E-state index in [0.29, 0.717) is 19.4 Å². The van der Waals surface area contributed by atoms with Crippen molar-refractivity contribution in [3.63, 3.8) is 0 Å². The molecule has 2 saturated heterocycles. The zero-order valence-corrected chi connectivity index (χ0v) is 16.8. The summed E-state index contributed by atoms with van der Waals surface area (Å²) in [5.74, 6) is -0.971. The van der Waals surface area contributed by atoms with Gasteiger partial charge in [-0.2, -0.15) is 26.3 Å². The highest BCUT2D eigenvalue weighted by Gasteiger charge is 2.72. The Kier molecular flexibility index (Phi) is 6.41. The zero-order valence-electron chi connectivity index (χ0n) is 16.8. The highest BCUT2D eigenvalue weighted by atomic mass is 19.4. The van der Waals surface area contributed by atoms with Gasteiger partial charge in [-0.25, -0.2) is 9.18 Å². The van der Waals surface area contributed by atoms with Crippen LogP contribution in [-0.2, 0) is 9.53 Å². The van der Waals surface area contributed by atoms with Gasteiger partial charge in [0.2, 0.25) is 5.91 Å². The molecule has 0 aromatic carbocycles. The molecule has 2 aliphatic heterocycles. The third-order valence-corrected chi connectivity index (χ3v) is 6.60. The van der Waals surface area contributed by atoms with Gasteiger partial charge in [0.25, 0.3) is 5.67 Å². The molecule has 1 aliphatic carbocycles. The second-order valence-corrected chi connectivity index (χ2v) is 8.65. The molecular formula is C19H25F7N2O3. The Morgan fingerprint density at radius 1 is 0.968 bits per heavy atom. The molecule has 0 aromatic heterocycles. The minimum atomic E-state index is -6.16. The topological polar surface area (TPSA) is 49.9 Å². The lowest BCUT2D eigenvalue weighted by Crippen LogP contribution is -2.54. The molecule has 178 valence electrons. The monoisotopic (exact) mass is 462 g/mol. The third-order valence-electron chi connectivity index (χ3n) is 6.60. The molecule has 3 aliphatic rings. The number of ether oxygens (including phenoxy) is 1. The highest BCUT2D eigenvalue weighted by molar-refractivity contribution is 5.76. The number of hydrogen-bond donors (Lipinski definition) is 0. The van der Waals surface area contributed by atoms with Crippen LogP contribution < -0.4 is 0 Å². The molecule has 0 aromatic rings. The molecule has 0 unspecified atom stereocenters. The molecule has 0 radical (unpaired) electrons. The van der Waals surface area contributed by atoms with E-state index in [4.69, 9.17) is 4.74 Å². The van der Waals surface area contributed by atoms with Crippen LogP contribution >= 0.6 is 0 Å². The first kappa shape index (κ1) is 23.9. The average Bonchev–Trinajstić information content (AvgIpc) is 3.00. The largest absolute Gasteiger partial charge is 0.441 e. The van der Waals surface area contributed by atoms with E-state index >= 15 is 0 Å². The number of nitrogens with zero attached hydrogens (tertiary/aromatic N) is 2. The number of carbonyl (C=O) groups excluding carboxylic acids is 2. The van der Waals surface area contributed by atoms with Gasteiger partial charge in [-0.1, -0.05) is 6.42 Å². The zero-order chi connectivity index (χ0) is 23.1. The van der Waals surface area contributed by atoms with E-state index in [2.05, 4.69) is 0 Å². The van der Waals surface area contributed by atoms with Crippen LogP contribution in [0.1, 0.15) is 57.8 Å². The molecule has 3 fully saturated rings. The van der Waals surface area contributed by atoms with E-state index in [-0.39, 0.29) is 19.1 Å². The maximum Gasteiger partial charge on any atom is 0.431 e. The van der Waals surface area contributed by atoms with Crippen LogP contribution in [0.15, 0.2) is 0 Å². The molecule has 1 spiro atoms. The standard InChI is InChI=1S/C19H25F7N2O3/c20-17(18(21,22)23,19(24,25)26)9-4-14(29)27-10-5-13(6-11-27)28-12-16(31-15(28)30)7-2-1-3-8-16/h13H,1-12H2. The quantitative estimate of drug-likeness (QED) is 0.567. The number of piperidine rings is 1. The minimum absolute atomic E-state index is 0.0671. The molecule has 12 heteroatoms. The van der Waals surface area contributed by atoms with Crippen molar-refractivity contribution in [3.05, 3.63) is 0 Å². The smallest absolute Gasteiger partial charge is 0.431 e. The first-order valence-corrected chi connectivity index (χ1v) is 10.4. The second-order valence-electron chi connectivity index (χ2n) is 8.65. The minimum Gasteiger partial charge on any atom is -0.441 e. The maximum absolute atomic E-state index is 13.7. The van der Waals surface area contributed by atoms with Gasteiger partial charge < -0.3 is 14.5 Å². The van der Waals surface area contributed by atoms with Gasteiger partial charge in [-0.3, -0.25) is 4.79 Å². The Bertz CT molecular complexity index is 667. The molecule has 1 saturated carbocycles. The van der Waals surface area contributed by atoms with E-state index < -0.39 is 48.5 Å². The van der Waals surface area contributed by atoms with Crippen LogP contribution in [0.2, 0.25) is 0 Å².